The molecule has 6 atom stereocenters. The standard InChI is InChI=1S/C30H41NO4/c1-28-18-25(21-8-11-22(12-9-21)31(2)3)27-23-7-5-4-6-20(23)10-13-24(27)26(28)19-29-30(28,34-16-14-32-29)35-17-15-33-29/h8-12,23-27H,4-7,13-19H2,1-3H3/t23-,24-,25+,26-,27+,28-,29?,30?/m0/s1. The van der Waals surface area contributed by atoms with Gasteiger partial charge >= 0.3 is 0 Å². The molecule has 35 heavy (non-hydrogen) atoms. The predicted molar refractivity (Wildman–Crippen MR) is 135 cm³/mol. The minimum atomic E-state index is -0.801. The van der Waals surface area contributed by atoms with Crippen molar-refractivity contribution in [3.63, 3.8) is 0 Å². The summed E-state index contributed by atoms with van der Waals surface area (Å²) in [5.41, 5.74) is 4.35. The Hall–Kier alpha value is -1.40. The van der Waals surface area contributed by atoms with Crippen LogP contribution in [0.1, 0.15) is 63.4 Å². The monoisotopic (exact) mass is 479 g/mol. The van der Waals surface area contributed by atoms with E-state index in [9.17, 15) is 0 Å². The van der Waals surface area contributed by atoms with Crippen molar-refractivity contribution in [3.05, 3.63) is 41.5 Å². The van der Waals surface area contributed by atoms with Crippen molar-refractivity contribution in [2.45, 2.75) is 69.4 Å². The zero-order chi connectivity index (χ0) is 23.8. The number of allylic oxidation sites excluding steroid dienone is 2. The van der Waals surface area contributed by atoms with E-state index in [-0.39, 0.29) is 5.41 Å². The normalized spacial score (nSPS) is 46.4. The fraction of sp³-hybridized carbons (Fsp3) is 0.733. The Morgan fingerprint density at radius 3 is 2.29 bits per heavy atom. The van der Waals surface area contributed by atoms with Gasteiger partial charge < -0.3 is 23.8 Å². The minimum absolute atomic E-state index is 0.153. The molecule has 6 aliphatic rings. The van der Waals surface area contributed by atoms with E-state index in [1.165, 1.54) is 43.4 Å². The zero-order valence-corrected chi connectivity index (χ0v) is 21.6. The van der Waals surface area contributed by atoms with Gasteiger partial charge in [-0.25, -0.2) is 0 Å². The van der Waals surface area contributed by atoms with Gasteiger partial charge in [0.25, 0.3) is 0 Å². The van der Waals surface area contributed by atoms with E-state index in [2.05, 4.69) is 56.3 Å². The summed E-state index contributed by atoms with van der Waals surface area (Å²) in [6.07, 6.45) is 11.1. The average molecular weight is 480 g/mol. The van der Waals surface area contributed by atoms with E-state index in [1.807, 2.05) is 0 Å². The van der Waals surface area contributed by atoms with Gasteiger partial charge in [0, 0.05) is 31.6 Å². The second-order valence-corrected chi connectivity index (χ2v) is 12.4. The van der Waals surface area contributed by atoms with Crippen molar-refractivity contribution < 1.29 is 18.9 Å². The van der Waals surface area contributed by atoms with Gasteiger partial charge in [-0.3, -0.25) is 0 Å². The molecule has 0 radical (unpaired) electrons. The zero-order valence-electron chi connectivity index (χ0n) is 21.6. The largest absolute Gasteiger partial charge is 0.378 e. The van der Waals surface area contributed by atoms with E-state index in [4.69, 9.17) is 18.9 Å². The number of rotatable bonds is 2. The van der Waals surface area contributed by atoms with E-state index in [1.54, 1.807) is 5.57 Å². The van der Waals surface area contributed by atoms with Gasteiger partial charge in [0.2, 0.25) is 11.6 Å². The van der Waals surface area contributed by atoms with Crippen molar-refractivity contribution in [3.8, 4) is 0 Å². The van der Waals surface area contributed by atoms with E-state index in [0.717, 1.165) is 12.8 Å². The SMILES string of the molecule is CN(C)c1ccc([C@H]2C[C@@]3(C)[C@@H](CC45OCCOC43OCCO5)[C@@H]3CC=C4CCCC[C@@H]4[C@H]32)cc1. The van der Waals surface area contributed by atoms with Gasteiger partial charge in [0.1, 0.15) is 0 Å². The van der Waals surface area contributed by atoms with E-state index in [0.29, 0.717) is 56.0 Å². The third-order valence-electron chi connectivity index (χ3n) is 10.8. The molecule has 2 aliphatic heterocycles. The fourth-order valence-corrected chi connectivity index (χ4v) is 9.43. The first-order valence-electron chi connectivity index (χ1n) is 14.0. The first kappa shape index (κ1) is 22.8. The van der Waals surface area contributed by atoms with Crippen LogP contribution in [0.4, 0.5) is 5.69 Å². The summed E-state index contributed by atoms with van der Waals surface area (Å²) in [7, 11) is 4.24. The molecule has 0 aromatic heterocycles. The molecule has 0 N–H and O–H groups in total. The molecule has 2 saturated heterocycles. The number of ether oxygens (including phenoxy) is 4. The number of hydrogen-bond acceptors (Lipinski definition) is 5. The number of anilines is 1. The van der Waals surface area contributed by atoms with Gasteiger partial charge in [-0.2, -0.15) is 0 Å². The van der Waals surface area contributed by atoms with Crippen LogP contribution in [-0.4, -0.2) is 52.1 Å². The molecule has 3 saturated carbocycles. The lowest BCUT2D eigenvalue weighted by atomic mass is 9.48. The van der Waals surface area contributed by atoms with E-state index < -0.39 is 11.6 Å². The Morgan fingerprint density at radius 2 is 1.57 bits per heavy atom. The third-order valence-corrected chi connectivity index (χ3v) is 10.8. The van der Waals surface area contributed by atoms with Crippen LogP contribution in [-0.2, 0) is 18.9 Å². The molecule has 5 nitrogen and oxygen atoms in total. The van der Waals surface area contributed by atoms with Gasteiger partial charge in [-0.1, -0.05) is 37.1 Å². The second-order valence-electron chi connectivity index (χ2n) is 12.4. The van der Waals surface area contributed by atoms with Gasteiger partial charge in [-0.15, -0.1) is 0 Å². The summed E-state index contributed by atoms with van der Waals surface area (Å²) >= 11 is 0. The number of hydrogen-bond donors (Lipinski definition) is 0. The molecule has 190 valence electrons. The van der Waals surface area contributed by atoms with Crippen molar-refractivity contribution in [2.24, 2.45) is 29.1 Å². The Kier molecular flexibility index (Phi) is 5.24. The quantitative estimate of drug-likeness (QED) is 0.524. The Labute approximate surface area is 210 Å². The van der Waals surface area contributed by atoms with Crippen molar-refractivity contribution in [1.29, 1.82) is 0 Å². The van der Waals surface area contributed by atoms with Crippen LogP contribution in [0.5, 0.6) is 0 Å². The maximum atomic E-state index is 6.68. The highest BCUT2D eigenvalue weighted by Crippen LogP contribution is 2.72. The summed E-state index contributed by atoms with van der Waals surface area (Å²) < 4.78 is 26.4. The maximum Gasteiger partial charge on any atom is 0.229 e. The molecule has 5 heteroatoms. The average Bonchev–Trinajstić information content (AvgIpc) is 3.14. The van der Waals surface area contributed by atoms with Crippen LogP contribution in [0.25, 0.3) is 0 Å². The van der Waals surface area contributed by atoms with Crippen LogP contribution in [0.3, 0.4) is 0 Å². The molecule has 0 unspecified atom stereocenters. The topological polar surface area (TPSA) is 40.2 Å². The van der Waals surface area contributed by atoms with Crippen LogP contribution in [0.15, 0.2) is 35.9 Å². The summed E-state index contributed by atoms with van der Waals surface area (Å²) in [6.45, 7) is 4.78. The predicted octanol–water partition coefficient (Wildman–Crippen LogP) is 5.51. The lowest BCUT2D eigenvalue weighted by Crippen LogP contribution is -2.70. The fourth-order valence-electron chi connectivity index (χ4n) is 9.43. The smallest absolute Gasteiger partial charge is 0.229 e. The molecule has 0 amide bonds. The second kappa shape index (κ2) is 8.05. The molecule has 4 aliphatic carbocycles. The number of fused-ring (bicyclic) bond motifs is 5. The molecule has 2 heterocycles. The Bertz CT molecular complexity index is 990. The van der Waals surface area contributed by atoms with E-state index >= 15 is 0 Å². The number of nitrogens with zero attached hydrogens (tertiary/aromatic N) is 1. The van der Waals surface area contributed by atoms with Crippen molar-refractivity contribution in [1.82, 2.24) is 0 Å². The maximum absolute atomic E-state index is 6.68. The lowest BCUT2D eigenvalue weighted by Gasteiger charge is -2.60. The molecule has 1 aromatic carbocycles. The van der Waals surface area contributed by atoms with Crippen LogP contribution < -0.4 is 4.90 Å². The first-order valence-corrected chi connectivity index (χ1v) is 14.0. The molecule has 0 bridgehead atoms. The van der Waals surface area contributed by atoms with Crippen molar-refractivity contribution >= 4 is 5.69 Å². The third kappa shape index (κ3) is 3.02. The van der Waals surface area contributed by atoms with Gasteiger partial charge in [-0.05, 0) is 79.4 Å². The summed E-state index contributed by atoms with van der Waals surface area (Å²) in [5.74, 6) is 1.41. The summed E-state index contributed by atoms with van der Waals surface area (Å²) in [6, 6.07) is 9.41. The molecule has 7 rings (SSSR count). The van der Waals surface area contributed by atoms with Crippen LogP contribution >= 0.6 is 0 Å². The summed E-state index contributed by atoms with van der Waals surface area (Å²) in [4.78, 5) is 2.19. The summed E-state index contributed by atoms with van der Waals surface area (Å²) in [5, 5.41) is 0. The Morgan fingerprint density at radius 1 is 0.857 bits per heavy atom. The lowest BCUT2D eigenvalue weighted by molar-refractivity contribution is -0.474. The van der Waals surface area contributed by atoms with Crippen molar-refractivity contribution in [2.75, 3.05) is 45.4 Å². The minimum Gasteiger partial charge on any atom is -0.378 e. The van der Waals surface area contributed by atoms with Gasteiger partial charge in [0.15, 0.2) is 0 Å². The van der Waals surface area contributed by atoms with Crippen LogP contribution in [0, 0.1) is 29.1 Å². The molecular formula is C30H41NO4. The first-order chi connectivity index (χ1) is 17.0. The molecule has 0 spiro atoms. The highest BCUT2D eigenvalue weighted by Gasteiger charge is 2.79. The van der Waals surface area contributed by atoms with Crippen LogP contribution in [0.2, 0.25) is 0 Å². The van der Waals surface area contributed by atoms with Gasteiger partial charge in [0.05, 0.1) is 26.4 Å². The molecule has 1 aromatic rings. The highest BCUT2D eigenvalue weighted by molar-refractivity contribution is 5.47. The molecular weight excluding hydrogens is 438 g/mol. The Balaban J connectivity index is 1.36. The highest BCUT2D eigenvalue weighted by atomic mass is 16.8. The molecule has 5 fully saturated rings. The number of benzene rings is 1.